The van der Waals surface area contributed by atoms with Crippen molar-refractivity contribution < 1.29 is 9.47 Å². The molecule has 2 rings (SSSR count). The minimum atomic E-state index is 0.0130. The van der Waals surface area contributed by atoms with Crippen molar-refractivity contribution in [2.24, 2.45) is 0 Å². The Bertz CT molecular complexity index is 795. The van der Waals surface area contributed by atoms with E-state index in [9.17, 15) is 0 Å². The zero-order valence-corrected chi connectivity index (χ0v) is 13.0. The third-order valence-electron chi connectivity index (χ3n) is 3.40. The minimum absolute atomic E-state index is 0.0130. The van der Waals surface area contributed by atoms with Gasteiger partial charge >= 0.3 is 0 Å². The molecule has 0 aromatic heterocycles. The van der Waals surface area contributed by atoms with Crippen molar-refractivity contribution in [1.29, 1.82) is 10.5 Å². The largest absolute Gasteiger partial charge is 0.493 e. The van der Waals surface area contributed by atoms with Crippen LogP contribution in [0.2, 0.25) is 0 Å². The van der Waals surface area contributed by atoms with Gasteiger partial charge in [0.2, 0.25) is 0 Å². The molecule has 0 radical (unpaired) electrons. The number of benzene rings is 2. The SMILES string of the molecule is COc1cccc(C=C(C#N)C#N)c1OCc1ccccc1C. The molecule has 0 saturated carbocycles. The highest BCUT2D eigenvalue weighted by Crippen LogP contribution is 2.33. The number of hydrogen-bond acceptors (Lipinski definition) is 4. The molecule has 2 aromatic carbocycles. The highest BCUT2D eigenvalue weighted by Gasteiger charge is 2.11. The maximum atomic E-state index is 8.94. The monoisotopic (exact) mass is 304 g/mol. The first-order valence-electron chi connectivity index (χ1n) is 7.05. The van der Waals surface area contributed by atoms with Crippen LogP contribution >= 0.6 is 0 Å². The maximum absolute atomic E-state index is 8.94. The molecule has 4 nitrogen and oxygen atoms in total. The van der Waals surface area contributed by atoms with Crippen LogP contribution in [0.5, 0.6) is 11.5 Å². The average Bonchev–Trinajstić information content (AvgIpc) is 2.59. The van der Waals surface area contributed by atoms with Crippen LogP contribution < -0.4 is 9.47 Å². The summed E-state index contributed by atoms with van der Waals surface area (Å²) in [6, 6.07) is 17.0. The summed E-state index contributed by atoms with van der Waals surface area (Å²) in [6.07, 6.45) is 1.50. The Hall–Kier alpha value is -3.24. The maximum Gasteiger partial charge on any atom is 0.168 e. The Morgan fingerprint density at radius 1 is 1.09 bits per heavy atom. The van der Waals surface area contributed by atoms with E-state index in [1.807, 2.05) is 43.3 Å². The van der Waals surface area contributed by atoms with Crippen molar-refractivity contribution in [3.05, 3.63) is 64.7 Å². The van der Waals surface area contributed by atoms with Gasteiger partial charge in [-0.05, 0) is 30.2 Å². The van der Waals surface area contributed by atoms with Crippen LogP contribution in [0, 0.1) is 29.6 Å². The number of ether oxygens (including phenoxy) is 2. The smallest absolute Gasteiger partial charge is 0.168 e. The lowest BCUT2D eigenvalue weighted by atomic mass is 10.1. The standard InChI is InChI=1S/C19H16N2O2/c1-14-6-3-4-7-17(14)13-23-19-16(10-15(11-20)12-21)8-5-9-18(19)22-2/h3-10H,13H2,1-2H3. The van der Waals surface area contributed by atoms with Gasteiger partial charge in [0, 0.05) is 5.56 Å². The van der Waals surface area contributed by atoms with Crippen molar-refractivity contribution in [3.8, 4) is 23.6 Å². The quantitative estimate of drug-likeness (QED) is 0.783. The van der Waals surface area contributed by atoms with Crippen molar-refractivity contribution in [1.82, 2.24) is 0 Å². The first-order valence-corrected chi connectivity index (χ1v) is 7.05. The number of allylic oxidation sites excluding steroid dienone is 1. The molecule has 0 N–H and O–H groups in total. The van der Waals surface area contributed by atoms with Crippen molar-refractivity contribution in [2.75, 3.05) is 7.11 Å². The lowest BCUT2D eigenvalue weighted by Gasteiger charge is -2.14. The molecular weight excluding hydrogens is 288 g/mol. The van der Waals surface area contributed by atoms with Gasteiger partial charge < -0.3 is 9.47 Å². The summed E-state index contributed by atoms with van der Waals surface area (Å²) in [7, 11) is 1.55. The predicted molar refractivity (Wildman–Crippen MR) is 87.7 cm³/mol. The summed E-state index contributed by atoms with van der Waals surface area (Å²) in [5.41, 5.74) is 2.85. The van der Waals surface area contributed by atoms with Crippen molar-refractivity contribution in [3.63, 3.8) is 0 Å². The fourth-order valence-electron chi connectivity index (χ4n) is 2.13. The third kappa shape index (κ3) is 3.90. The molecule has 0 fully saturated rings. The van der Waals surface area contributed by atoms with E-state index in [1.165, 1.54) is 6.08 Å². The molecule has 0 aliphatic rings. The Morgan fingerprint density at radius 2 is 1.83 bits per heavy atom. The van der Waals surface area contributed by atoms with Crippen molar-refractivity contribution in [2.45, 2.75) is 13.5 Å². The van der Waals surface area contributed by atoms with Crippen LogP contribution in [-0.2, 0) is 6.61 Å². The number of nitrogens with zero attached hydrogens (tertiary/aromatic N) is 2. The van der Waals surface area contributed by atoms with E-state index in [2.05, 4.69) is 0 Å². The Kier molecular flexibility index (Phi) is 5.39. The molecule has 0 spiro atoms. The molecule has 0 saturated heterocycles. The Balaban J connectivity index is 2.37. The molecule has 0 bridgehead atoms. The van der Waals surface area contributed by atoms with Crippen molar-refractivity contribution >= 4 is 6.08 Å². The van der Waals surface area contributed by atoms with Gasteiger partial charge in [-0.2, -0.15) is 10.5 Å². The molecule has 23 heavy (non-hydrogen) atoms. The molecule has 0 amide bonds. The van der Waals surface area contributed by atoms with E-state index in [4.69, 9.17) is 20.0 Å². The highest BCUT2D eigenvalue weighted by atomic mass is 16.5. The van der Waals surface area contributed by atoms with Gasteiger partial charge in [-0.15, -0.1) is 0 Å². The number of aryl methyl sites for hydroxylation is 1. The van der Waals surface area contributed by atoms with Crippen LogP contribution in [-0.4, -0.2) is 7.11 Å². The molecule has 0 atom stereocenters. The average molecular weight is 304 g/mol. The second-order valence-corrected chi connectivity index (χ2v) is 4.88. The van der Waals surface area contributed by atoms with Gasteiger partial charge in [0.1, 0.15) is 24.3 Å². The molecular formula is C19H16N2O2. The lowest BCUT2D eigenvalue weighted by Crippen LogP contribution is -2.01. The topological polar surface area (TPSA) is 66.0 Å². The lowest BCUT2D eigenvalue weighted by molar-refractivity contribution is 0.283. The fraction of sp³-hybridized carbons (Fsp3) is 0.158. The van der Waals surface area contributed by atoms with E-state index in [0.29, 0.717) is 23.7 Å². The Morgan fingerprint density at radius 3 is 2.48 bits per heavy atom. The fourth-order valence-corrected chi connectivity index (χ4v) is 2.13. The van der Waals surface area contributed by atoms with Gasteiger partial charge in [-0.1, -0.05) is 36.4 Å². The summed E-state index contributed by atoms with van der Waals surface area (Å²) < 4.78 is 11.3. The van der Waals surface area contributed by atoms with Crippen LogP contribution in [0.15, 0.2) is 48.0 Å². The van der Waals surface area contributed by atoms with Crippen LogP contribution in [0.3, 0.4) is 0 Å². The summed E-state index contributed by atoms with van der Waals surface area (Å²) >= 11 is 0. The molecule has 0 heterocycles. The van der Waals surface area contributed by atoms with E-state index < -0.39 is 0 Å². The van der Waals surface area contributed by atoms with Crippen LogP contribution in [0.1, 0.15) is 16.7 Å². The zero-order chi connectivity index (χ0) is 16.7. The number of para-hydroxylation sites is 1. The first kappa shape index (κ1) is 16.1. The summed E-state index contributed by atoms with van der Waals surface area (Å²) in [4.78, 5) is 0. The molecule has 114 valence electrons. The van der Waals surface area contributed by atoms with Gasteiger partial charge in [0.25, 0.3) is 0 Å². The molecule has 0 aliphatic carbocycles. The molecule has 2 aromatic rings. The molecule has 4 heteroatoms. The normalized spacial score (nSPS) is 9.39. The first-order chi connectivity index (χ1) is 11.2. The van der Waals surface area contributed by atoms with Crippen LogP contribution in [0.4, 0.5) is 0 Å². The van der Waals surface area contributed by atoms with Gasteiger partial charge in [-0.25, -0.2) is 0 Å². The molecule has 0 aliphatic heterocycles. The van der Waals surface area contributed by atoms with Gasteiger partial charge in [0.15, 0.2) is 11.5 Å². The second-order valence-electron chi connectivity index (χ2n) is 4.88. The molecule has 0 unspecified atom stereocenters. The van der Waals surface area contributed by atoms with E-state index in [0.717, 1.165) is 11.1 Å². The second kappa shape index (κ2) is 7.68. The zero-order valence-electron chi connectivity index (χ0n) is 13.0. The number of nitriles is 2. The number of rotatable bonds is 5. The third-order valence-corrected chi connectivity index (χ3v) is 3.40. The number of methoxy groups -OCH3 is 1. The van der Waals surface area contributed by atoms with Gasteiger partial charge in [0.05, 0.1) is 7.11 Å². The predicted octanol–water partition coefficient (Wildman–Crippen LogP) is 4.01. The number of hydrogen-bond donors (Lipinski definition) is 0. The van der Waals surface area contributed by atoms with E-state index in [-0.39, 0.29) is 5.57 Å². The Labute approximate surface area is 135 Å². The minimum Gasteiger partial charge on any atom is -0.493 e. The summed E-state index contributed by atoms with van der Waals surface area (Å²) in [6.45, 7) is 2.40. The van der Waals surface area contributed by atoms with E-state index >= 15 is 0 Å². The van der Waals surface area contributed by atoms with Crippen LogP contribution in [0.25, 0.3) is 6.08 Å². The van der Waals surface area contributed by atoms with E-state index in [1.54, 1.807) is 25.3 Å². The summed E-state index contributed by atoms with van der Waals surface area (Å²) in [5.74, 6) is 1.07. The highest BCUT2D eigenvalue weighted by molar-refractivity contribution is 5.69. The van der Waals surface area contributed by atoms with Gasteiger partial charge in [-0.3, -0.25) is 0 Å². The summed E-state index contributed by atoms with van der Waals surface area (Å²) in [5, 5.41) is 17.9.